The third kappa shape index (κ3) is 4.55. The van der Waals surface area contributed by atoms with E-state index in [0.717, 1.165) is 13.1 Å². The first-order valence-electron chi connectivity index (χ1n) is 8.13. The summed E-state index contributed by atoms with van der Waals surface area (Å²) in [5, 5.41) is 7.14. The maximum absolute atomic E-state index is 13.1. The van der Waals surface area contributed by atoms with Gasteiger partial charge in [-0.2, -0.15) is 11.3 Å². The fourth-order valence-corrected chi connectivity index (χ4v) is 3.65. The van der Waals surface area contributed by atoms with Crippen molar-refractivity contribution in [3.8, 4) is 5.75 Å². The lowest BCUT2D eigenvalue weighted by atomic mass is 10.1. The molecule has 0 radical (unpaired) electrons. The molecule has 1 saturated heterocycles. The monoisotopic (exact) mass is 348 g/mol. The average Bonchev–Trinajstić information content (AvgIpc) is 3.27. The number of benzene rings is 1. The van der Waals surface area contributed by atoms with E-state index in [4.69, 9.17) is 4.74 Å². The van der Waals surface area contributed by atoms with Crippen LogP contribution < -0.4 is 10.1 Å². The van der Waals surface area contributed by atoms with Crippen molar-refractivity contribution in [2.45, 2.75) is 18.9 Å². The molecule has 6 heteroatoms. The lowest BCUT2D eigenvalue weighted by Gasteiger charge is -2.27. The summed E-state index contributed by atoms with van der Waals surface area (Å²) in [5.41, 5.74) is 1.24. The van der Waals surface area contributed by atoms with Crippen LogP contribution in [-0.4, -0.2) is 37.0 Å². The number of amides is 1. The van der Waals surface area contributed by atoms with Crippen molar-refractivity contribution in [1.29, 1.82) is 0 Å². The number of carbonyl (C=O) groups excluding carboxylic acids is 1. The molecule has 1 atom stereocenters. The van der Waals surface area contributed by atoms with Gasteiger partial charge in [0.15, 0.2) is 6.61 Å². The zero-order chi connectivity index (χ0) is 16.8. The van der Waals surface area contributed by atoms with E-state index in [-0.39, 0.29) is 24.4 Å². The van der Waals surface area contributed by atoms with Gasteiger partial charge in [0.1, 0.15) is 11.6 Å². The zero-order valence-corrected chi connectivity index (χ0v) is 14.2. The molecule has 0 bridgehead atoms. The second-order valence-electron chi connectivity index (χ2n) is 5.87. The summed E-state index contributed by atoms with van der Waals surface area (Å²) in [6, 6.07) is 8.12. The van der Waals surface area contributed by atoms with Crippen molar-refractivity contribution in [3.05, 3.63) is 52.5 Å². The Hall–Kier alpha value is -1.92. The summed E-state index contributed by atoms with van der Waals surface area (Å²) in [6.07, 6.45) is 2.41. The van der Waals surface area contributed by atoms with Gasteiger partial charge in [-0.15, -0.1) is 0 Å². The summed E-state index contributed by atoms with van der Waals surface area (Å²) < 4.78 is 18.4. The van der Waals surface area contributed by atoms with Crippen LogP contribution in [0.5, 0.6) is 5.75 Å². The Balaban J connectivity index is 1.51. The summed E-state index contributed by atoms with van der Waals surface area (Å²) in [4.78, 5) is 14.5. The molecule has 1 aromatic carbocycles. The van der Waals surface area contributed by atoms with Crippen LogP contribution in [0.3, 0.4) is 0 Å². The van der Waals surface area contributed by atoms with E-state index in [1.807, 2.05) is 0 Å². The average molecular weight is 348 g/mol. The van der Waals surface area contributed by atoms with Crippen LogP contribution in [0.25, 0.3) is 0 Å². The largest absolute Gasteiger partial charge is 0.484 e. The van der Waals surface area contributed by atoms with Crippen LogP contribution in [0.15, 0.2) is 41.1 Å². The van der Waals surface area contributed by atoms with Crippen molar-refractivity contribution in [1.82, 2.24) is 10.2 Å². The highest BCUT2D eigenvalue weighted by atomic mass is 32.1. The minimum atomic E-state index is -0.375. The van der Waals surface area contributed by atoms with Crippen molar-refractivity contribution in [2.75, 3.05) is 26.2 Å². The van der Waals surface area contributed by atoms with Gasteiger partial charge in [-0.25, -0.2) is 4.39 Å². The van der Waals surface area contributed by atoms with Crippen LogP contribution in [0.1, 0.15) is 24.4 Å². The number of thiophene rings is 1. The summed E-state index contributed by atoms with van der Waals surface area (Å²) in [7, 11) is 0. The standard InChI is InChI=1S/C18H21FN2O2S/c19-15-4-3-5-16(10-15)23-12-18(22)20-11-17(14-6-9-24-13-14)21-7-1-2-8-21/h3-6,9-10,13,17H,1-2,7-8,11-12H2,(H,20,22). The third-order valence-corrected chi connectivity index (χ3v) is 4.87. The van der Waals surface area contributed by atoms with Gasteiger partial charge in [0, 0.05) is 12.6 Å². The second kappa shape index (κ2) is 8.26. The van der Waals surface area contributed by atoms with Crippen LogP contribution in [0.4, 0.5) is 4.39 Å². The van der Waals surface area contributed by atoms with Gasteiger partial charge in [0.05, 0.1) is 6.04 Å². The van der Waals surface area contributed by atoms with Gasteiger partial charge in [-0.05, 0) is 60.5 Å². The molecule has 4 nitrogen and oxygen atoms in total. The summed E-state index contributed by atoms with van der Waals surface area (Å²) in [6.45, 7) is 2.58. The van der Waals surface area contributed by atoms with Crippen molar-refractivity contribution in [3.63, 3.8) is 0 Å². The quantitative estimate of drug-likeness (QED) is 0.835. The lowest BCUT2D eigenvalue weighted by molar-refractivity contribution is -0.123. The molecule has 1 fully saturated rings. The second-order valence-corrected chi connectivity index (χ2v) is 6.65. The van der Waals surface area contributed by atoms with Crippen LogP contribution in [-0.2, 0) is 4.79 Å². The maximum atomic E-state index is 13.1. The first kappa shape index (κ1) is 16.9. The Morgan fingerprint density at radius 3 is 2.88 bits per heavy atom. The third-order valence-electron chi connectivity index (χ3n) is 4.17. The number of nitrogens with one attached hydrogen (secondary N) is 1. The van der Waals surface area contributed by atoms with Gasteiger partial charge in [0.2, 0.25) is 0 Å². The van der Waals surface area contributed by atoms with Crippen LogP contribution in [0.2, 0.25) is 0 Å². The van der Waals surface area contributed by atoms with E-state index in [1.54, 1.807) is 23.5 Å². The minimum absolute atomic E-state index is 0.111. The molecule has 1 aromatic heterocycles. The molecule has 2 heterocycles. The lowest BCUT2D eigenvalue weighted by Crippen LogP contribution is -2.38. The molecule has 3 rings (SSSR count). The first-order valence-corrected chi connectivity index (χ1v) is 9.08. The number of halogens is 1. The Labute approximate surface area is 145 Å². The smallest absolute Gasteiger partial charge is 0.258 e. The number of rotatable bonds is 7. The highest BCUT2D eigenvalue weighted by Crippen LogP contribution is 2.26. The summed E-state index contributed by atoms with van der Waals surface area (Å²) >= 11 is 1.67. The van der Waals surface area contributed by atoms with E-state index in [1.165, 1.54) is 30.5 Å². The molecule has 2 aromatic rings. The Morgan fingerprint density at radius 2 is 2.17 bits per heavy atom. The van der Waals surface area contributed by atoms with Crippen LogP contribution >= 0.6 is 11.3 Å². The molecule has 0 spiro atoms. The predicted octanol–water partition coefficient (Wildman–Crippen LogP) is 3.22. The Kier molecular flexibility index (Phi) is 5.82. The first-order chi connectivity index (χ1) is 11.7. The Bertz CT molecular complexity index is 657. The number of hydrogen-bond acceptors (Lipinski definition) is 4. The highest BCUT2D eigenvalue weighted by Gasteiger charge is 2.24. The molecule has 128 valence electrons. The molecule has 0 saturated carbocycles. The van der Waals surface area contributed by atoms with Crippen molar-refractivity contribution < 1.29 is 13.9 Å². The van der Waals surface area contributed by atoms with Crippen molar-refractivity contribution in [2.24, 2.45) is 0 Å². The van der Waals surface area contributed by atoms with Gasteiger partial charge in [-0.1, -0.05) is 6.07 Å². The predicted molar refractivity (Wildman–Crippen MR) is 92.8 cm³/mol. The molecule has 1 N–H and O–H groups in total. The van der Waals surface area contributed by atoms with E-state index >= 15 is 0 Å². The molecular formula is C18H21FN2O2S. The fourth-order valence-electron chi connectivity index (χ4n) is 2.94. The molecule has 24 heavy (non-hydrogen) atoms. The molecule has 1 amide bonds. The molecule has 1 aliphatic rings. The van der Waals surface area contributed by atoms with E-state index in [9.17, 15) is 9.18 Å². The highest BCUT2D eigenvalue weighted by molar-refractivity contribution is 7.07. The Morgan fingerprint density at radius 1 is 1.33 bits per heavy atom. The summed E-state index contributed by atoms with van der Waals surface area (Å²) in [5.74, 6) is -0.211. The minimum Gasteiger partial charge on any atom is -0.484 e. The molecule has 0 aliphatic carbocycles. The van der Waals surface area contributed by atoms with Crippen LogP contribution in [0, 0.1) is 5.82 Å². The number of carbonyl (C=O) groups is 1. The van der Waals surface area contributed by atoms with Gasteiger partial charge in [-0.3, -0.25) is 9.69 Å². The zero-order valence-electron chi connectivity index (χ0n) is 13.4. The number of nitrogens with zero attached hydrogens (tertiary/aromatic N) is 1. The normalized spacial score (nSPS) is 16.0. The fraction of sp³-hybridized carbons (Fsp3) is 0.389. The number of ether oxygens (including phenoxy) is 1. The van der Waals surface area contributed by atoms with Crippen molar-refractivity contribution >= 4 is 17.2 Å². The van der Waals surface area contributed by atoms with E-state index in [2.05, 4.69) is 27.0 Å². The molecular weight excluding hydrogens is 327 g/mol. The maximum Gasteiger partial charge on any atom is 0.258 e. The van der Waals surface area contributed by atoms with E-state index in [0.29, 0.717) is 12.3 Å². The molecule has 1 aliphatic heterocycles. The van der Waals surface area contributed by atoms with Gasteiger partial charge >= 0.3 is 0 Å². The molecule has 1 unspecified atom stereocenters. The SMILES string of the molecule is O=C(COc1cccc(F)c1)NCC(c1ccsc1)N1CCCC1. The number of likely N-dealkylation sites (tertiary alicyclic amines) is 1. The number of hydrogen-bond donors (Lipinski definition) is 1. The van der Waals surface area contributed by atoms with E-state index < -0.39 is 0 Å². The van der Waals surface area contributed by atoms with Gasteiger partial charge in [0.25, 0.3) is 5.91 Å². The topological polar surface area (TPSA) is 41.6 Å². The van der Waals surface area contributed by atoms with Gasteiger partial charge < -0.3 is 10.1 Å².